The Morgan fingerprint density at radius 3 is 1.28 bits per heavy atom. The van der Waals surface area contributed by atoms with Crippen molar-refractivity contribution in [2.75, 3.05) is 14.2 Å². The maximum absolute atomic E-state index is 14.1. The van der Waals surface area contributed by atoms with Crippen LogP contribution in [0.3, 0.4) is 0 Å². The number of hydrogen-bond donors (Lipinski definition) is 0. The van der Waals surface area contributed by atoms with Crippen molar-refractivity contribution in [3.05, 3.63) is 78.6 Å². The Kier molecular flexibility index (Phi) is 4.91. The van der Waals surface area contributed by atoms with Gasteiger partial charge in [-0.15, -0.1) is 0 Å². The third kappa shape index (κ3) is 3.31. The predicted molar refractivity (Wildman–Crippen MR) is 98.9 cm³/mol. The Morgan fingerprint density at radius 2 is 0.960 bits per heavy atom. The normalized spacial score (nSPS) is 11.2. The highest BCUT2D eigenvalue weighted by Crippen LogP contribution is 2.42. The first-order valence-electron chi connectivity index (χ1n) is 7.73. The second-order valence-corrected chi connectivity index (χ2v) is 8.25. The first-order valence-corrected chi connectivity index (χ1v) is 9.44. The number of hydrogen-bond acceptors (Lipinski definition) is 3. The first kappa shape index (κ1) is 17.2. The quantitative estimate of drug-likeness (QED) is 0.657. The number of methoxy groups -OCH3 is 2. The maximum atomic E-state index is 14.1. The predicted octanol–water partition coefficient (Wildman–Crippen LogP) is 3.48. The summed E-state index contributed by atoms with van der Waals surface area (Å²) in [7, 11) is 0.0281. The van der Waals surface area contributed by atoms with Gasteiger partial charge in [0.05, 0.1) is 14.2 Å². The molecule has 0 aliphatic heterocycles. The minimum Gasteiger partial charge on any atom is -0.497 e. The molecule has 3 aromatic carbocycles. The van der Waals surface area contributed by atoms with E-state index in [9.17, 15) is 8.96 Å². The maximum Gasteiger partial charge on any atom is 0.171 e. The molecule has 0 aromatic heterocycles. The van der Waals surface area contributed by atoms with Crippen molar-refractivity contribution in [2.45, 2.75) is 0 Å². The Bertz CT molecular complexity index is 836. The average Bonchev–Trinajstić information content (AvgIpc) is 2.68. The van der Waals surface area contributed by atoms with Crippen LogP contribution in [-0.2, 0) is 4.57 Å². The first-order chi connectivity index (χ1) is 12.1. The van der Waals surface area contributed by atoms with Crippen molar-refractivity contribution in [3.8, 4) is 11.5 Å². The van der Waals surface area contributed by atoms with E-state index in [-0.39, 0.29) is 5.82 Å². The zero-order chi connectivity index (χ0) is 17.9. The molecule has 3 rings (SSSR count). The van der Waals surface area contributed by atoms with Gasteiger partial charge in [0, 0.05) is 15.9 Å². The molecule has 0 aliphatic carbocycles. The molecule has 0 saturated heterocycles. The van der Waals surface area contributed by atoms with Crippen molar-refractivity contribution in [3.63, 3.8) is 0 Å². The van der Waals surface area contributed by atoms with E-state index in [4.69, 9.17) is 9.47 Å². The number of ether oxygens (including phenoxy) is 2. The fourth-order valence-electron chi connectivity index (χ4n) is 2.68. The van der Waals surface area contributed by atoms with E-state index in [0.717, 1.165) is 0 Å². The smallest absolute Gasteiger partial charge is 0.171 e. The van der Waals surface area contributed by atoms with Crippen LogP contribution in [0.4, 0.5) is 4.39 Å². The molecule has 0 atom stereocenters. The van der Waals surface area contributed by atoms with E-state index < -0.39 is 7.14 Å². The number of halogens is 1. The summed E-state index contributed by atoms with van der Waals surface area (Å²) in [6.07, 6.45) is 0. The lowest BCUT2D eigenvalue weighted by Crippen LogP contribution is -2.25. The van der Waals surface area contributed by atoms with Gasteiger partial charge in [-0.1, -0.05) is 0 Å². The molecule has 3 nitrogen and oxygen atoms in total. The molecule has 0 unspecified atom stereocenters. The van der Waals surface area contributed by atoms with Gasteiger partial charge in [0.25, 0.3) is 0 Å². The lowest BCUT2D eigenvalue weighted by atomic mass is 10.3. The van der Waals surface area contributed by atoms with Crippen molar-refractivity contribution >= 4 is 23.1 Å². The monoisotopic (exact) mass is 356 g/mol. The highest BCUT2D eigenvalue weighted by Gasteiger charge is 2.29. The van der Waals surface area contributed by atoms with E-state index in [0.29, 0.717) is 27.4 Å². The van der Waals surface area contributed by atoms with Crippen molar-refractivity contribution in [1.29, 1.82) is 0 Å². The Balaban J connectivity index is 2.18. The highest BCUT2D eigenvalue weighted by molar-refractivity contribution is 7.85. The summed E-state index contributed by atoms with van der Waals surface area (Å²) in [5.41, 5.74) is 0. The van der Waals surface area contributed by atoms with Crippen molar-refractivity contribution in [2.24, 2.45) is 0 Å². The minimum absolute atomic E-state index is 0.361. The Labute approximate surface area is 146 Å². The zero-order valence-corrected chi connectivity index (χ0v) is 14.9. The fraction of sp³-hybridized carbons (Fsp3) is 0.100. The SMILES string of the molecule is COc1ccc(P(=O)(c2ccc(F)cc2)c2ccc(OC)cc2)cc1. The molecule has 0 amide bonds. The van der Waals surface area contributed by atoms with Crippen LogP contribution in [0, 0.1) is 5.82 Å². The van der Waals surface area contributed by atoms with Gasteiger partial charge in [0.1, 0.15) is 17.3 Å². The Hall–Kier alpha value is -2.58. The molecule has 0 aliphatic rings. The molecule has 128 valence electrons. The van der Waals surface area contributed by atoms with E-state index >= 15 is 0 Å². The second kappa shape index (κ2) is 7.12. The van der Waals surface area contributed by atoms with Crippen molar-refractivity contribution in [1.82, 2.24) is 0 Å². The third-order valence-electron chi connectivity index (χ3n) is 4.06. The number of benzene rings is 3. The van der Waals surface area contributed by atoms with Gasteiger partial charge in [-0.2, -0.15) is 0 Å². The molecule has 25 heavy (non-hydrogen) atoms. The van der Waals surface area contributed by atoms with Crippen LogP contribution in [0.2, 0.25) is 0 Å². The molecular weight excluding hydrogens is 338 g/mol. The standard InChI is InChI=1S/C20H18FO3P/c1-23-16-5-11-19(12-6-16)25(22,18-9-3-15(21)4-10-18)20-13-7-17(24-2)8-14-20/h3-14H,1-2H3. The van der Waals surface area contributed by atoms with Crippen LogP contribution in [0.15, 0.2) is 72.8 Å². The summed E-state index contributed by atoms with van der Waals surface area (Å²) in [5, 5.41) is 1.89. The molecule has 0 heterocycles. The topological polar surface area (TPSA) is 35.5 Å². The van der Waals surface area contributed by atoms with Gasteiger partial charge in [0.2, 0.25) is 0 Å². The van der Waals surface area contributed by atoms with Crippen LogP contribution >= 0.6 is 7.14 Å². The Morgan fingerprint density at radius 1 is 0.640 bits per heavy atom. The zero-order valence-electron chi connectivity index (χ0n) is 14.0. The lowest BCUT2D eigenvalue weighted by Gasteiger charge is -2.20. The molecule has 0 radical (unpaired) electrons. The summed E-state index contributed by atoms with van der Waals surface area (Å²) >= 11 is 0. The van der Waals surface area contributed by atoms with E-state index in [2.05, 4.69) is 0 Å². The summed E-state index contributed by atoms with van der Waals surface area (Å²) in [4.78, 5) is 0. The van der Waals surface area contributed by atoms with Gasteiger partial charge < -0.3 is 14.0 Å². The largest absolute Gasteiger partial charge is 0.497 e. The van der Waals surface area contributed by atoms with E-state index in [1.54, 1.807) is 74.9 Å². The number of rotatable bonds is 5. The van der Waals surface area contributed by atoms with Gasteiger partial charge in [0.15, 0.2) is 7.14 Å². The van der Waals surface area contributed by atoms with Crippen LogP contribution < -0.4 is 25.4 Å². The molecule has 0 spiro atoms. The summed E-state index contributed by atoms with van der Waals surface area (Å²) < 4.78 is 37.8. The van der Waals surface area contributed by atoms with Crippen LogP contribution in [0.1, 0.15) is 0 Å². The minimum atomic E-state index is -3.13. The molecule has 0 N–H and O–H groups in total. The lowest BCUT2D eigenvalue weighted by molar-refractivity contribution is 0.415. The van der Waals surface area contributed by atoms with Crippen LogP contribution in [-0.4, -0.2) is 14.2 Å². The van der Waals surface area contributed by atoms with Crippen LogP contribution in [0.5, 0.6) is 11.5 Å². The fourth-order valence-corrected chi connectivity index (χ4v) is 5.28. The molecule has 0 fully saturated rings. The summed E-state index contributed by atoms with van der Waals surface area (Å²) in [5.74, 6) is 1.01. The molecular formula is C20H18FO3P. The highest BCUT2D eigenvalue weighted by atomic mass is 31.2. The average molecular weight is 356 g/mol. The summed E-state index contributed by atoms with van der Waals surface area (Å²) in [6, 6.07) is 20.0. The van der Waals surface area contributed by atoms with Gasteiger partial charge in [-0.25, -0.2) is 4.39 Å². The third-order valence-corrected chi connectivity index (χ3v) is 7.14. The van der Waals surface area contributed by atoms with Gasteiger partial charge in [-0.05, 0) is 72.8 Å². The van der Waals surface area contributed by atoms with E-state index in [1.165, 1.54) is 12.1 Å². The van der Waals surface area contributed by atoms with Gasteiger partial charge >= 0.3 is 0 Å². The summed E-state index contributed by atoms with van der Waals surface area (Å²) in [6.45, 7) is 0. The van der Waals surface area contributed by atoms with Crippen LogP contribution in [0.25, 0.3) is 0 Å². The van der Waals surface area contributed by atoms with Crippen molar-refractivity contribution < 1.29 is 18.4 Å². The second-order valence-electron chi connectivity index (χ2n) is 5.48. The molecule has 5 heteroatoms. The van der Waals surface area contributed by atoms with E-state index in [1.807, 2.05) is 0 Å². The molecule has 3 aromatic rings. The van der Waals surface area contributed by atoms with Gasteiger partial charge in [-0.3, -0.25) is 0 Å². The molecule has 0 saturated carbocycles. The molecule has 0 bridgehead atoms.